The lowest BCUT2D eigenvalue weighted by atomic mass is 9.80. The van der Waals surface area contributed by atoms with Crippen LogP contribution in [-0.4, -0.2) is 10.9 Å². The monoisotopic (exact) mass is 301 g/mol. The third kappa shape index (κ3) is 9.73. The molecule has 0 saturated heterocycles. The van der Waals surface area contributed by atoms with Gasteiger partial charge in [0.05, 0.1) is 0 Å². The number of thiocarbonyl (C=S) groups is 1. The van der Waals surface area contributed by atoms with Crippen LogP contribution in [-0.2, 0) is 0 Å². The topological polar surface area (TPSA) is 12.0 Å². The summed E-state index contributed by atoms with van der Waals surface area (Å²) in [6.45, 7) is 3.40. The van der Waals surface area contributed by atoms with Crippen molar-refractivity contribution in [3.8, 4) is 0 Å². The first-order valence-electron chi connectivity index (χ1n) is 8.15. The molecule has 0 spiro atoms. The normalized spacial score (nSPS) is 23.3. The molecular weight excluding hydrogens is 270 g/mol. The highest BCUT2D eigenvalue weighted by Crippen LogP contribution is 2.31. The van der Waals surface area contributed by atoms with Gasteiger partial charge in [-0.2, -0.15) is 0 Å². The van der Waals surface area contributed by atoms with Crippen molar-refractivity contribution < 1.29 is 0 Å². The molecule has 1 nitrogen and oxygen atoms in total. The minimum absolute atomic E-state index is 0.627. The fraction of sp³-hybridized carbons (Fsp3) is 0.938. The second-order valence-corrected chi connectivity index (χ2v) is 7.43. The molecule has 112 valence electrons. The van der Waals surface area contributed by atoms with Crippen molar-refractivity contribution in [2.45, 2.75) is 77.6 Å². The summed E-state index contributed by atoms with van der Waals surface area (Å²) in [6.07, 6.45) is 15.7. The maximum atomic E-state index is 4.85. The van der Waals surface area contributed by atoms with Crippen LogP contribution in [0.25, 0.3) is 0 Å². The molecule has 0 heterocycles. The summed E-state index contributed by atoms with van der Waals surface area (Å²) in [5, 5.41) is 3.09. The molecule has 0 aliphatic heterocycles. The Hall–Kier alpha value is 0.240. The molecule has 19 heavy (non-hydrogen) atoms. The molecule has 0 aromatic carbocycles. The molecule has 1 aliphatic carbocycles. The van der Waals surface area contributed by atoms with Gasteiger partial charge in [-0.3, -0.25) is 0 Å². The number of hydrogen-bond acceptors (Lipinski definition) is 1. The van der Waals surface area contributed by atoms with E-state index in [9.17, 15) is 0 Å². The van der Waals surface area contributed by atoms with E-state index in [1.807, 2.05) is 0 Å². The quantitative estimate of drug-likeness (QED) is 0.338. The van der Waals surface area contributed by atoms with E-state index in [1.54, 1.807) is 0 Å². The maximum absolute atomic E-state index is 4.85. The molecule has 3 heteroatoms. The van der Waals surface area contributed by atoms with E-state index in [2.05, 4.69) is 24.9 Å². The number of thiol groups is 1. The Morgan fingerprint density at radius 1 is 1.00 bits per heavy atom. The molecule has 1 fully saturated rings. The van der Waals surface area contributed by atoms with Gasteiger partial charge in [-0.25, -0.2) is 0 Å². The molecule has 0 unspecified atom stereocenters. The van der Waals surface area contributed by atoms with Gasteiger partial charge in [0.25, 0.3) is 0 Å². The van der Waals surface area contributed by atoms with Gasteiger partial charge in [-0.05, 0) is 18.3 Å². The average molecular weight is 302 g/mol. The Balaban J connectivity index is 1.80. The largest absolute Gasteiger partial charge is 0.371 e. The Morgan fingerprint density at radius 2 is 1.58 bits per heavy atom. The van der Waals surface area contributed by atoms with Gasteiger partial charge < -0.3 is 5.32 Å². The van der Waals surface area contributed by atoms with Crippen LogP contribution < -0.4 is 5.32 Å². The van der Waals surface area contributed by atoms with Crippen molar-refractivity contribution in [2.75, 3.05) is 6.54 Å². The van der Waals surface area contributed by atoms with Crippen LogP contribution in [0.3, 0.4) is 0 Å². The van der Waals surface area contributed by atoms with Crippen molar-refractivity contribution in [1.29, 1.82) is 0 Å². The van der Waals surface area contributed by atoms with Crippen molar-refractivity contribution in [1.82, 2.24) is 5.32 Å². The molecule has 1 saturated carbocycles. The summed E-state index contributed by atoms with van der Waals surface area (Å²) in [6, 6.07) is 0. The van der Waals surface area contributed by atoms with Gasteiger partial charge in [0.2, 0.25) is 0 Å². The van der Waals surface area contributed by atoms with Gasteiger partial charge in [0, 0.05) is 6.54 Å². The Morgan fingerprint density at radius 3 is 2.21 bits per heavy atom. The molecule has 1 N–H and O–H groups in total. The fourth-order valence-electron chi connectivity index (χ4n) is 3.08. The minimum Gasteiger partial charge on any atom is -0.371 e. The lowest BCUT2D eigenvalue weighted by Gasteiger charge is -2.26. The van der Waals surface area contributed by atoms with Crippen LogP contribution in [0.4, 0.5) is 0 Å². The zero-order valence-corrected chi connectivity index (χ0v) is 14.2. The van der Waals surface area contributed by atoms with Crippen LogP contribution in [0.5, 0.6) is 0 Å². The number of rotatable bonds is 9. The molecular formula is C16H31NS2. The SMILES string of the molecule is CC1CCC(CCCCCCCCNC(=S)S)CC1. The summed E-state index contributed by atoms with van der Waals surface area (Å²) in [5.41, 5.74) is 0. The summed E-state index contributed by atoms with van der Waals surface area (Å²) >= 11 is 8.90. The third-order valence-corrected chi connectivity index (χ3v) is 4.75. The van der Waals surface area contributed by atoms with Gasteiger partial charge in [-0.15, -0.1) is 12.6 Å². The predicted molar refractivity (Wildman–Crippen MR) is 93.0 cm³/mol. The lowest BCUT2D eigenvalue weighted by molar-refractivity contribution is 0.271. The summed E-state index contributed by atoms with van der Waals surface area (Å²) in [5.74, 6) is 2.05. The lowest BCUT2D eigenvalue weighted by Crippen LogP contribution is -2.17. The van der Waals surface area contributed by atoms with E-state index in [4.69, 9.17) is 12.2 Å². The number of hydrogen-bond donors (Lipinski definition) is 2. The first-order valence-corrected chi connectivity index (χ1v) is 9.01. The van der Waals surface area contributed by atoms with Crippen LogP contribution in [0.2, 0.25) is 0 Å². The maximum Gasteiger partial charge on any atom is 0.130 e. The third-order valence-electron chi connectivity index (χ3n) is 4.45. The highest BCUT2D eigenvalue weighted by Gasteiger charge is 2.17. The summed E-state index contributed by atoms with van der Waals surface area (Å²) in [4.78, 5) is 0. The van der Waals surface area contributed by atoms with Crippen LogP contribution >= 0.6 is 24.8 Å². The predicted octanol–water partition coefficient (Wildman–Crippen LogP) is 5.35. The minimum atomic E-state index is 0.627. The van der Waals surface area contributed by atoms with Gasteiger partial charge in [0.15, 0.2) is 0 Å². The Bertz CT molecular complexity index is 235. The standard InChI is InChI=1S/C16H31NS2/c1-14-9-11-15(12-10-14)8-6-4-2-3-5-7-13-17-16(18)19/h14-15H,2-13H2,1H3,(H2,17,18,19). The van der Waals surface area contributed by atoms with Gasteiger partial charge in [0.1, 0.15) is 4.32 Å². The average Bonchev–Trinajstić information content (AvgIpc) is 2.38. The second-order valence-electron chi connectivity index (χ2n) is 6.27. The van der Waals surface area contributed by atoms with E-state index in [1.165, 1.54) is 70.6 Å². The summed E-state index contributed by atoms with van der Waals surface area (Å²) in [7, 11) is 0. The van der Waals surface area contributed by atoms with Gasteiger partial charge in [-0.1, -0.05) is 83.3 Å². The first kappa shape index (κ1) is 17.3. The highest BCUT2D eigenvalue weighted by molar-refractivity contribution is 8.11. The number of unbranched alkanes of at least 4 members (excludes halogenated alkanes) is 5. The molecule has 0 atom stereocenters. The van der Waals surface area contributed by atoms with E-state index >= 15 is 0 Å². The molecule has 1 rings (SSSR count). The molecule has 0 radical (unpaired) electrons. The molecule has 0 aromatic heterocycles. The summed E-state index contributed by atoms with van der Waals surface area (Å²) < 4.78 is 0.627. The van der Waals surface area contributed by atoms with E-state index < -0.39 is 0 Å². The van der Waals surface area contributed by atoms with Crippen LogP contribution in [0.15, 0.2) is 0 Å². The van der Waals surface area contributed by atoms with E-state index in [-0.39, 0.29) is 0 Å². The fourth-order valence-corrected chi connectivity index (χ4v) is 3.29. The van der Waals surface area contributed by atoms with Crippen molar-refractivity contribution >= 4 is 29.2 Å². The van der Waals surface area contributed by atoms with Crippen molar-refractivity contribution in [3.63, 3.8) is 0 Å². The molecule has 0 amide bonds. The zero-order chi connectivity index (χ0) is 13.9. The van der Waals surface area contributed by atoms with Gasteiger partial charge >= 0.3 is 0 Å². The number of nitrogens with one attached hydrogen (secondary N) is 1. The second kappa shape index (κ2) is 11.0. The van der Waals surface area contributed by atoms with E-state index in [0.717, 1.165) is 18.4 Å². The Kier molecular flexibility index (Phi) is 9.98. The zero-order valence-electron chi connectivity index (χ0n) is 12.5. The van der Waals surface area contributed by atoms with E-state index in [0.29, 0.717) is 4.32 Å². The van der Waals surface area contributed by atoms with Crippen LogP contribution in [0.1, 0.15) is 77.6 Å². The first-order chi connectivity index (χ1) is 9.18. The Labute approximate surface area is 130 Å². The molecule has 1 aliphatic rings. The molecule has 0 aromatic rings. The van der Waals surface area contributed by atoms with Crippen molar-refractivity contribution in [2.24, 2.45) is 11.8 Å². The molecule has 0 bridgehead atoms. The highest BCUT2D eigenvalue weighted by atomic mass is 32.1. The van der Waals surface area contributed by atoms with Crippen molar-refractivity contribution in [3.05, 3.63) is 0 Å². The smallest absolute Gasteiger partial charge is 0.130 e. The van der Waals surface area contributed by atoms with Crippen LogP contribution in [0, 0.1) is 11.8 Å².